The van der Waals surface area contributed by atoms with Crippen LogP contribution < -0.4 is 10.6 Å². The van der Waals surface area contributed by atoms with E-state index in [2.05, 4.69) is 10.6 Å². The zero-order chi connectivity index (χ0) is 9.54. The lowest BCUT2D eigenvalue weighted by Crippen LogP contribution is -2.46. The number of carbonyl (C=O) groups excluding carboxylic acids is 1. The van der Waals surface area contributed by atoms with Crippen LogP contribution in [0.5, 0.6) is 0 Å². The fourth-order valence-corrected chi connectivity index (χ4v) is 2.95. The Labute approximate surface area is 84.6 Å². The summed E-state index contributed by atoms with van der Waals surface area (Å²) in [4.78, 5) is 11.7. The molecule has 2 saturated heterocycles. The third kappa shape index (κ3) is 1.34. The van der Waals surface area contributed by atoms with Gasteiger partial charge in [0, 0.05) is 24.0 Å². The minimum absolute atomic E-state index is 0.315. The van der Waals surface area contributed by atoms with Crippen molar-refractivity contribution in [2.75, 3.05) is 0 Å². The Morgan fingerprint density at radius 1 is 1.21 bits per heavy atom. The molecule has 3 atom stereocenters. The number of carbonyl (C=O) groups is 1. The standard InChI is InChI=1S/C11H18N2O/c14-11(7-2-1-3-7)13-10-6-8-4-5-9(10)12-8/h7-10,12H,1-6H2,(H,13,14). The van der Waals surface area contributed by atoms with Gasteiger partial charge >= 0.3 is 0 Å². The van der Waals surface area contributed by atoms with Crippen LogP contribution in [0.1, 0.15) is 38.5 Å². The van der Waals surface area contributed by atoms with Crippen LogP contribution in [0.4, 0.5) is 0 Å². The van der Waals surface area contributed by atoms with Crippen molar-refractivity contribution in [3.8, 4) is 0 Å². The molecule has 3 fully saturated rings. The number of nitrogens with one attached hydrogen (secondary N) is 2. The normalized spacial score (nSPS) is 41.0. The highest BCUT2D eigenvalue weighted by Crippen LogP contribution is 2.30. The highest BCUT2D eigenvalue weighted by molar-refractivity contribution is 5.79. The molecule has 2 heterocycles. The number of amides is 1. The maximum absolute atomic E-state index is 11.7. The molecule has 2 bridgehead atoms. The summed E-state index contributed by atoms with van der Waals surface area (Å²) in [7, 11) is 0. The van der Waals surface area contributed by atoms with Crippen molar-refractivity contribution in [3.05, 3.63) is 0 Å². The summed E-state index contributed by atoms with van der Waals surface area (Å²) >= 11 is 0. The molecule has 2 aliphatic heterocycles. The number of hydrogen-bond acceptors (Lipinski definition) is 2. The van der Waals surface area contributed by atoms with Gasteiger partial charge in [-0.25, -0.2) is 0 Å². The smallest absolute Gasteiger partial charge is 0.223 e. The van der Waals surface area contributed by atoms with Gasteiger partial charge in [-0.1, -0.05) is 6.42 Å². The molecule has 78 valence electrons. The zero-order valence-electron chi connectivity index (χ0n) is 8.46. The Morgan fingerprint density at radius 3 is 2.57 bits per heavy atom. The van der Waals surface area contributed by atoms with Gasteiger partial charge in [0.05, 0.1) is 0 Å². The second-order valence-electron chi connectivity index (χ2n) is 5.03. The maximum atomic E-state index is 11.7. The fourth-order valence-electron chi connectivity index (χ4n) is 2.95. The van der Waals surface area contributed by atoms with E-state index < -0.39 is 0 Å². The topological polar surface area (TPSA) is 41.1 Å². The predicted octanol–water partition coefficient (Wildman–Crippen LogP) is 0.796. The molecule has 3 aliphatic rings. The molecule has 1 aliphatic carbocycles. The Hall–Kier alpha value is -0.570. The summed E-state index contributed by atoms with van der Waals surface area (Å²) in [6.45, 7) is 0. The van der Waals surface area contributed by atoms with Gasteiger partial charge in [0.1, 0.15) is 0 Å². The van der Waals surface area contributed by atoms with Crippen LogP contribution in [0, 0.1) is 5.92 Å². The van der Waals surface area contributed by atoms with E-state index in [1.54, 1.807) is 0 Å². The third-order valence-electron chi connectivity index (χ3n) is 4.10. The Kier molecular flexibility index (Phi) is 2.01. The number of fused-ring (bicyclic) bond motifs is 2. The van der Waals surface area contributed by atoms with E-state index in [9.17, 15) is 4.79 Å². The summed E-state index contributed by atoms with van der Waals surface area (Å²) < 4.78 is 0. The van der Waals surface area contributed by atoms with Crippen LogP contribution in [0.15, 0.2) is 0 Å². The van der Waals surface area contributed by atoms with E-state index in [1.807, 2.05) is 0 Å². The average molecular weight is 194 g/mol. The molecular weight excluding hydrogens is 176 g/mol. The molecular formula is C11H18N2O. The molecule has 3 heteroatoms. The SMILES string of the molecule is O=C(NC1CC2CCC1N2)C1CCC1. The van der Waals surface area contributed by atoms with Crippen LogP contribution in [0.25, 0.3) is 0 Å². The van der Waals surface area contributed by atoms with E-state index in [-0.39, 0.29) is 0 Å². The van der Waals surface area contributed by atoms with Crippen molar-refractivity contribution >= 4 is 5.91 Å². The molecule has 0 aromatic rings. The van der Waals surface area contributed by atoms with Gasteiger partial charge < -0.3 is 10.6 Å². The summed E-state index contributed by atoms with van der Waals surface area (Å²) in [5.74, 6) is 0.657. The number of hydrogen-bond donors (Lipinski definition) is 2. The second-order valence-corrected chi connectivity index (χ2v) is 5.03. The van der Waals surface area contributed by atoms with Crippen LogP contribution in [0.2, 0.25) is 0 Å². The van der Waals surface area contributed by atoms with Gasteiger partial charge in [-0.05, 0) is 32.1 Å². The second kappa shape index (κ2) is 3.23. The van der Waals surface area contributed by atoms with Crippen molar-refractivity contribution in [1.29, 1.82) is 0 Å². The minimum Gasteiger partial charge on any atom is -0.352 e. The monoisotopic (exact) mass is 194 g/mol. The van der Waals surface area contributed by atoms with Crippen molar-refractivity contribution in [1.82, 2.24) is 10.6 Å². The van der Waals surface area contributed by atoms with Crippen molar-refractivity contribution in [3.63, 3.8) is 0 Å². The highest BCUT2D eigenvalue weighted by atomic mass is 16.2. The first-order valence-corrected chi connectivity index (χ1v) is 5.89. The molecule has 0 aromatic heterocycles. The van der Waals surface area contributed by atoms with Gasteiger partial charge in [-0.2, -0.15) is 0 Å². The molecule has 3 rings (SSSR count). The summed E-state index contributed by atoms with van der Waals surface area (Å²) in [5.41, 5.74) is 0. The molecule has 0 radical (unpaired) electrons. The first-order valence-electron chi connectivity index (χ1n) is 5.89. The summed E-state index contributed by atoms with van der Waals surface area (Å²) in [5, 5.41) is 6.75. The Balaban J connectivity index is 1.54. The maximum Gasteiger partial charge on any atom is 0.223 e. The Morgan fingerprint density at radius 2 is 2.07 bits per heavy atom. The molecule has 0 aromatic carbocycles. The average Bonchev–Trinajstić information content (AvgIpc) is 2.60. The minimum atomic E-state index is 0.315. The van der Waals surface area contributed by atoms with Gasteiger partial charge in [0.15, 0.2) is 0 Å². The van der Waals surface area contributed by atoms with Crippen LogP contribution in [-0.2, 0) is 4.79 Å². The molecule has 3 unspecified atom stereocenters. The number of rotatable bonds is 2. The van der Waals surface area contributed by atoms with E-state index in [0.29, 0.717) is 30.0 Å². The molecule has 3 nitrogen and oxygen atoms in total. The third-order valence-corrected chi connectivity index (χ3v) is 4.10. The highest BCUT2D eigenvalue weighted by Gasteiger charge is 2.40. The predicted molar refractivity (Wildman–Crippen MR) is 53.8 cm³/mol. The first kappa shape index (κ1) is 8.72. The van der Waals surface area contributed by atoms with E-state index in [1.165, 1.54) is 19.3 Å². The van der Waals surface area contributed by atoms with Gasteiger partial charge in [0.25, 0.3) is 0 Å². The van der Waals surface area contributed by atoms with Gasteiger partial charge in [0.2, 0.25) is 5.91 Å². The largest absolute Gasteiger partial charge is 0.352 e. The first-order chi connectivity index (χ1) is 6.83. The molecule has 2 N–H and O–H groups in total. The lowest BCUT2D eigenvalue weighted by molar-refractivity contribution is -0.128. The summed E-state index contributed by atoms with van der Waals surface area (Å²) in [6, 6.07) is 1.69. The quantitative estimate of drug-likeness (QED) is 0.682. The van der Waals surface area contributed by atoms with Crippen LogP contribution in [-0.4, -0.2) is 24.0 Å². The van der Waals surface area contributed by atoms with Gasteiger partial charge in [-0.3, -0.25) is 4.79 Å². The zero-order valence-corrected chi connectivity index (χ0v) is 8.46. The summed E-state index contributed by atoms with van der Waals surface area (Å²) in [6.07, 6.45) is 7.18. The van der Waals surface area contributed by atoms with E-state index in [0.717, 1.165) is 19.3 Å². The molecule has 1 amide bonds. The lowest BCUT2D eigenvalue weighted by atomic mass is 9.84. The van der Waals surface area contributed by atoms with Crippen molar-refractivity contribution in [2.24, 2.45) is 5.92 Å². The molecule has 14 heavy (non-hydrogen) atoms. The van der Waals surface area contributed by atoms with Gasteiger partial charge in [-0.15, -0.1) is 0 Å². The fraction of sp³-hybridized carbons (Fsp3) is 0.909. The van der Waals surface area contributed by atoms with Crippen LogP contribution >= 0.6 is 0 Å². The van der Waals surface area contributed by atoms with Crippen LogP contribution in [0.3, 0.4) is 0 Å². The lowest BCUT2D eigenvalue weighted by Gasteiger charge is -2.28. The molecule has 0 spiro atoms. The Bertz CT molecular complexity index is 250. The van der Waals surface area contributed by atoms with E-state index >= 15 is 0 Å². The van der Waals surface area contributed by atoms with Crippen molar-refractivity contribution in [2.45, 2.75) is 56.7 Å². The molecule has 1 saturated carbocycles. The van der Waals surface area contributed by atoms with Crippen molar-refractivity contribution < 1.29 is 4.79 Å². The van der Waals surface area contributed by atoms with E-state index in [4.69, 9.17) is 0 Å².